The van der Waals surface area contributed by atoms with Crippen molar-refractivity contribution in [2.75, 3.05) is 14.2 Å². The van der Waals surface area contributed by atoms with Crippen molar-refractivity contribution in [3.63, 3.8) is 0 Å². The maximum atomic E-state index is 6.04. The first-order valence-electron chi connectivity index (χ1n) is 4.57. The van der Waals surface area contributed by atoms with E-state index < -0.39 is 0 Å². The quantitative estimate of drug-likeness (QED) is 0.781. The molecule has 0 bridgehead atoms. The molecule has 0 radical (unpaired) electrons. The van der Waals surface area contributed by atoms with Crippen molar-refractivity contribution in [3.8, 4) is 11.6 Å². The van der Waals surface area contributed by atoms with Gasteiger partial charge >= 0.3 is 0 Å². The van der Waals surface area contributed by atoms with Gasteiger partial charge in [0.15, 0.2) is 0 Å². The van der Waals surface area contributed by atoms with E-state index in [2.05, 4.69) is 4.98 Å². The van der Waals surface area contributed by atoms with Crippen LogP contribution in [0.25, 0.3) is 0 Å². The van der Waals surface area contributed by atoms with Gasteiger partial charge in [0, 0.05) is 12.1 Å². The molecule has 1 aromatic rings. The highest BCUT2D eigenvalue weighted by Gasteiger charge is 2.42. The van der Waals surface area contributed by atoms with Crippen LogP contribution < -0.4 is 15.2 Å². The molecule has 0 amide bonds. The normalized spacial score (nSPS) is 17.6. The number of rotatable bonds is 3. The number of methoxy groups -OCH3 is 2. The maximum absolute atomic E-state index is 6.04. The number of nitrogens with two attached hydrogens (primary N) is 1. The Morgan fingerprint density at radius 1 is 1.29 bits per heavy atom. The van der Waals surface area contributed by atoms with Gasteiger partial charge in [0.2, 0.25) is 5.88 Å². The topological polar surface area (TPSA) is 57.4 Å². The third-order valence-electron chi connectivity index (χ3n) is 2.52. The van der Waals surface area contributed by atoms with Gasteiger partial charge < -0.3 is 15.2 Å². The number of pyridine rings is 1. The molecule has 1 aliphatic rings. The molecule has 4 heteroatoms. The summed E-state index contributed by atoms with van der Waals surface area (Å²) in [6.07, 6.45) is 1.96. The summed E-state index contributed by atoms with van der Waals surface area (Å²) < 4.78 is 10.2. The number of hydrogen-bond acceptors (Lipinski definition) is 4. The van der Waals surface area contributed by atoms with E-state index in [0.29, 0.717) is 5.88 Å². The van der Waals surface area contributed by atoms with Gasteiger partial charge in [-0.05, 0) is 12.8 Å². The molecule has 0 spiro atoms. The van der Waals surface area contributed by atoms with Gasteiger partial charge in [-0.2, -0.15) is 0 Å². The molecule has 76 valence electrons. The van der Waals surface area contributed by atoms with Crippen LogP contribution in [0.1, 0.15) is 18.5 Å². The summed E-state index contributed by atoms with van der Waals surface area (Å²) in [5, 5.41) is 0. The lowest BCUT2D eigenvalue weighted by atomic mass is 10.1. The van der Waals surface area contributed by atoms with E-state index >= 15 is 0 Å². The lowest BCUT2D eigenvalue weighted by molar-refractivity contribution is 0.378. The highest BCUT2D eigenvalue weighted by molar-refractivity contribution is 5.35. The van der Waals surface area contributed by atoms with Crippen molar-refractivity contribution in [1.82, 2.24) is 4.98 Å². The predicted molar refractivity (Wildman–Crippen MR) is 52.4 cm³/mol. The second-order valence-electron chi connectivity index (χ2n) is 3.59. The molecule has 0 aliphatic heterocycles. The van der Waals surface area contributed by atoms with E-state index in [0.717, 1.165) is 24.3 Å². The largest absolute Gasteiger partial charge is 0.496 e. The molecule has 1 fully saturated rings. The van der Waals surface area contributed by atoms with Gasteiger partial charge in [-0.3, -0.25) is 0 Å². The van der Waals surface area contributed by atoms with Gasteiger partial charge in [-0.1, -0.05) is 0 Å². The zero-order valence-corrected chi connectivity index (χ0v) is 8.41. The van der Waals surface area contributed by atoms with Gasteiger partial charge in [0.25, 0.3) is 0 Å². The van der Waals surface area contributed by atoms with Crippen LogP contribution in [0.3, 0.4) is 0 Å². The number of nitrogens with zero attached hydrogens (tertiary/aromatic N) is 1. The molecule has 1 saturated carbocycles. The predicted octanol–water partition coefficient (Wildman–Crippen LogP) is 1.05. The lowest BCUT2D eigenvalue weighted by Gasteiger charge is -2.11. The van der Waals surface area contributed by atoms with Gasteiger partial charge in [0.05, 0.1) is 25.5 Å². The Morgan fingerprint density at radius 2 is 2.00 bits per heavy atom. The zero-order chi connectivity index (χ0) is 10.2. The van der Waals surface area contributed by atoms with Crippen LogP contribution in [0.15, 0.2) is 12.1 Å². The minimum atomic E-state index is -0.248. The van der Waals surface area contributed by atoms with Crippen LogP contribution in [-0.2, 0) is 5.54 Å². The molecule has 14 heavy (non-hydrogen) atoms. The molecule has 0 saturated heterocycles. The Kier molecular flexibility index (Phi) is 2.07. The van der Waals surface area contributed by atoms with E-state index in [1.165, 1.54) is 0 Å². The van der Waals surface area contributed by atoms with Crippen molar-refractivity contribution >= 4 is 0 Å². The van der Waals surface area contributed by atoms with E-state index in [1.807, 2.05) is 6.07 Å². The summed E-state index contributed by atoms with van der Waals surface area (Å²) in [7, 11) is 3.20. The minimum Gasteiger partial charge on any atom is -0.496 e. The highest BCUT2D eigenvalue weighted by atomic mass is 16.5. The summed E-state index contributed by atoms with van der Waals surface area (Å²) in [5.41, 5.74) is 6.65. The van der Waals surface area contributed by atoms with Gasteiger partial charge in [-0.25, -0.2) is 4.98 Å². The Morgan fingerprint density at radius 3 is 2.50 bits per heavy atom. The molecule has 4 nitrogen and oxygen atoms in total. The van der Waals surface area contributed by atoms with Gasteiger partial charge in [-0.15, -0.1) is 0 Å². The molecular formula is C10H14N2O2. The van der Waals surface area contributed by atoms with Crippen molar-refractivity contribution in [1.29, 1.82) is 0 Å². The molecule has 0 aromatic carbocycles. The van der Waals surface area contributed by atoms with Crippen molar-refractivity contribution < 1.29 is 9.47 Å². The smallest absolute Gasteiger partial charge is 0.216 e. The Hall–Kier alpha value is -1.29. The Bertz CT molecular complexity index is 326. The monoisotopic (exact) mass is 194 g/mol. The number of aromatic nitrogens is 1. The van der Waals surface area contributed by atoms with Crippen LogP contribution in [0.2, 0.25) is 0 Å². The van der Waals surface area contributed by atoms with Crippen LogP contribution in [0.5, 0.6) is 11.6 Å². The highest BCUT2D eigenvalue weighted by Crippen LogP contribution is 2.43. The first-order valence-corrected chi connectivity index (χ1v) is 4.57. The van der Waals surface area contributed by atoms with E-state index in [9.17, 15) is 0 Å². The molecule has 0 unspecified atom stereocenters. The fourth-order valence-corrected chi connectivity index (χ4v) is 1.35. The molecule has 0 atom stereocenters. The third kappa shape index (κ3) is 1.53. The summed E-state index contributed by atoms with van der Waals surface area (Å²) in [5.74, 6) is 1.29. The summed E-state index contributed by atoms with van der Waals surface area (Å²) >= 11 is 0. The average molecular weight is 194 g/mol. The molecule has 2 rings (SSSR count). The van der Waals surface area contributed by atoms with Gasteiger partial charge in [0.1, 0.15) is 5.75 Å². The van der Waals surface area contributed by atoms with Crippen LogP contribution in [0.4, 0.5) is 0 Å². The first kappa shape index (κ1) is 9.27. The average Bonchev–Trinajstić information content (AvgIpc) is 2.97. The maximum Gasteiger partial charge on any atom is 0.216 e. The first-order chi connectivity index (χ1) is 6.68. The van der Waals surface area contributed by atoms with Crippen LogP contribution in [0, 0.1) is 0 Å². The molecule has 2 N–H and O–H groups in total. The second-order valence-corrected chi connectivity index (χ2v) is 3.59. The minimum absolute atomic E-state index is 0.248. The Balaban J connectivity index is 2.39. The fraction of sp³-hybridized carbons (Fsp3) is 0.500. The standard InChI is InChI=1S/C10H14N2O2/c1-13-7-5-8(10(11)3-4-10)12-9(6-7)14-2/h5-6H,3-4,11H2,1-2H3. The van der Waals surface area contributed by atoms with E-state index in [4.69, 9.17) is 15.2 Å². The third-order valence-corrected chi connectivity index (χ3v) is 2.52. The molecular weight excluding hydrogens is 180 g/mol. The summed E-state index contributed by atoms with van der Waals surface area (Å²) in [6, 6.07) is 3.62. The zero-order valence-electron chi connectivity index (χ0n) is 8.41. The second kappa shape index (κ2) is 3.13. The summed E-state index contributed by atoms with van der Waals surface area (Å²) in [4.78, 5) is 4.31. The van der Waals surface area contributed by atoms with Crippen molar-refractivity contribution in [2.24, 2.45) is 5.73 Å². The van der Waals surface area contributed by atoms with E-state index in [-0.39, 0.29) is 5.54 Å². The molecule has 1 aliphatic carbocycles. The summed E-state index contributed by atoms with van der Waals surface area (Å²) in [6.45, 7) is 0. The lowest BCUT2D eigenvalue weighted by Crippen LogP contribution is -2.20. The molecule has 1 aromatic heterocycles. The number of ether oxygens (including phenoxy) is 2. The molecule has 1 heterocycles. The SMILES string of the molecule is COc1cc(OC)nc(C2(N)CC2)c1. The van der Waals surface area contributed by atoms with E-state index in [1.54, 1.807) is 20.3 Å². The van der Waals surface area contributed by atoms with Crippen molar-refractivity contribution in [3.05, 3.63) is 17.8 Å². The number of hydrogen-bond donors (Lipinski definition) is 1. The van der Waals surface area contributed by atoms with Crippen LogP contribution in [-0.4, -0.2) is 19.2 Å². The van der Waals surface area contributed by atoms with Crippen molar-refractivity contribution in [2.45, 2.75) is 18.4 Å². The fourth-order valence-electron chi connectivity index (χ4n) is 1.35. The Labute approximate surface area is 83.0 Å². The van der Waals surface area contributed by atoms with Crippen LogP contribution >= 0.6 is 0 Å².